The number of fused-ring (bicyclic) bond motifs is 1. The molecule has 0 amide bonds. The Hall–Kier alpha value is -3.06. The van der Waals surface area contributed by atoms with Crippen molar-refractivity contribution >= 4 is 12.0 Å². The number of rotatable bonds is 7. The molecule has 190 valence electrons. The molecule has 2 aliphatic heterocycles. The van der Waals surface area contributed by atoms with Crippen LogP contribution in [0.5, 0.6) is 11.5 Å². The molecule has 1 fully saturated rings. The van der Waals surface area contributed by atoms with Crippen molar-refractivity contribution in [3.05, 3.63) is 64.1 Å². The second kappa shape index (κ2) is 12.6. The molecule has 4 rings (SSSR count). The summed E-state index contributed by atoms with van der Waals surface area (Å²) in [6.45, 7) is 12.6. The zero-order chi connectivity index (χ0) is 25.4. The minimum atomic E-state index is -0.0246. The van der Waals surface area contributed by atoms with Gasteiger partial charge in [-0.05, 0) is 62.9 Å². The summed E-state index contributed by atoms with van der Waals surface area (Å²) in [6.07, 6.45) is 8.61. The maximum Gasteiger partial charge on any atom is 0.258 e. The van der Waals surface area contributed by atoms with Crippen molar-refractivity contribution in [2.24, 2.45) is 7.05 Å². The first kappa shape index (κ1) is 26.5. The Morgan fingerprint density at radius 1 is 1.14 bits per heavy atom. The van der Waals surface area contributed by atoms with E-state index in [0.29, 0.717) is 30.6 Å². The first-order valence-electron chi connectivity index (χ1n) is 12.7. The molecule has 1 saturated heterocycles. The summed E-state index contributed by atoms with van der Waals surface area (Å²) in [6, 6.07) is 6.43. The Bertz CT molecular complexity index is 1090. The number of aromatic nitrogens is 2. The molecule has 2 unspecified atom stereocenters. The first-order chi connectivity index (χ1) is 17.0. The molecular weight excluding hydrogens is 440 g/mol. The molecule has 0 bridgehead atoms. The summed E-state index contributed by atoms with van der Waals surface area (Å²) in [5.74, 6) is 2.59. The van der Waals surface area contributed by atoms with E-state index in [4.69, 9.17) is 14.5 Å². The van der Waals surface area contributed by atoms with Gasteiger partial charge >= 0.3 is 0 Å². The van der Waals surface area contributed by atoms with Crippen LogP contribution in [0.3, 0.4) is 0 Å². The highest BCUT2D eigenvalue weighted by Crippen LogP contribution is 2.36. The van der Waals surface area contributed by atoms with Crippen molar-refractivity contribution in [3.63, 3.8) is 0 Å². The lowest BCUT2D eigenvalue weighted by Crippen LogP contribution is -2.44. The van der Waals surface area contributed by atoms with Gasteiger partial charge in [0.2, 0.25) is 5.95 Å². The van der Waals surface area contributed by atoms with Gasteiger partial charge in [0.05, 0.1) is 5.69 Å². The summed E-state index contributed by atoms with van der Waals surface area (Å²) in [4.78, 5) is 19.9. The molecule has 7 nitrogen and oxygen atoms in total. The lowest BCUT2D eigenvalue weighted by Gasteiger charge is -2.37. The van der Waals surface area contributed by atoms with Crippen molar-refractivity contribution in [2.45, 2.75) is 52.0 Å². The van der Waals surface area contributed by atoms with Crippen LogP contribution in [0.25, 0.3) is 6.08 Å². The van der Waals surface area contributed by atoms with Crippen LogP contribution < -0.4 is 20.3 Å². The second-order valence-electron chi connectivity index (χ2n) is 8.98. The average Bonchev–Trinajstić information content (AvgIpc) is 2.88. The molecule has 0 saturated carbocycles. The maximum atomic E-state index is 12.8. The topological polar surface area (TPSA) is 68.6 Å². The quantitative estimate of drug-likeness (QED) is 0.455. The minimum Gasteiger partial charge on any atom is -0.486 e. The highest BCUT2D eigenvalue weighted by Gasteiger charge is 2.28. The number of likely N-dealkylation sites (N-methyl/N-ethyl adjacent to an activating group) is 1. The standard InChI is InChI=1S/C26H34N4O3.C2H6/c1-5-6-7-8-9-22-18(2)25(31)30(4)26(28-22)27-21-14-20(16-29(3)17-21)19-10-11-23-24(15-19)33-13-12-32-23;1-2/h5,8-11,15,20-21H,1,6-7,12-14,16-17H2,2-4H3,(H,27,28);1-2H3/b9-8-;. The average molecular weight is 481 g/mol. The molecule has 7 heteroatoms. The zero-order valence-electron chi connectivity index (χ0n) is 21.8. The van der Waals surface area contributed by atoms with Crippen LogP contribution in [0, 0.1) is 6.92 Å². The summed E-state index contributed by atoms with van der Waals surface area (Å²) in [5.41, 5.74) is 2.60. The number of hydrogen-bond donors (Lipinski definition) is 1. The highest BCUT2D eigenvalue weighted by molar-refractivity contribution is 5.51. The van der Waals surface area contributed by atoms with Crippen molar-refractivity contribution < 1.29 is 9.47 Å². The monoisotopic (exact) mass is 480 g/mol. The van der Waals surface area contributed by atoms with E-state index in [1.807, 2.05) is 45.1 Å². The number of likely N-dealkylation sites (tertiary alicyclic amines) is 1. The normalized spacial score (nSPS) is 19.7. The van der Waals surface area contributed by atoms with Gasteiger partial charge in [-0.15, -0.1) is 6.58 Å². The first-order valence-corrected chi connectivity index (χ1v) is 12.7. The second-order valence-corrected chi connectivity index (χ2v) is 8.98. The van der Waals surface area contributed by atoms with Crippen LogP contribution in [0.4, 0.5) is 5.95 Å². The Morgan fingerprint density at radius 2 is 1.89 bits per heavy atom. The minimum absolute atomic E-state index is 0.0246. The fourth-order valence-electron chi connectivity index (χ4n) is 4.59. The molecule has 3 heterocycles. The predicted octanol–water partition coefficient (Wildman–Crippen LogP) is 4.77. The van der Waals surface area contributed by atoms with Crippen molar-refractivity contribution in [1.29, 1.82) is 0 Å². The van der Waals surface area contributed by atoms with E-state index in [1.54, 1.807) is 11.6 Å². The molecule has 0 aliphatic carbocycles. The van der Waals surface area contributed by atoms with Gasteiger partial charge in [0.15, 0.2) is 11.5 Å². The predicted molar refractivity (Wildman–Crippen MR) is 144 cm³/mol. The van der Waals surface area contributed by atoms with Gasteiger partial charge in [-0.25, -0.2) is 4.98 Å². The molecule has 2 aromatic rings. The number of benzene rings is 1. The maximum absolute atomic E-state index is 12.8. The van der Waals surface area contributed by atoms with Gasteiger partial charge in [0.25, 0.3) is 5.56 Å². The molecule has 1 aromatic carbocycles. The Kier molecular flexibility index (Phi) is 9.55. The van der Waals surface area contributed by atoms with E-state index in [-0.39, 0.29) is 11.6 Å². The van der Waals surface area contributed by atoms with Gasteiger partial charge in [-0.2, -0.15) is 0 Å². The van der Waals surface area contributed by atoms with Crippen LogP contribution in [-0.4, -0.2) is 53.8 Å². The van der Waals surface area contributed by atoms with Crippen molar-refractivity contribution in [1.82, 2.24) is 14.5 Å². The smallest absolute Gasteiger partial charge is 0.258 e. The summed E-state index contributed by atoms with van der Waals surface area (Å²) >= 11 is 0. The lowest BCUT2D eigenvalue weighted by molar-refractivity contribution is 0.171. The largest absolute Gasteiger partial charge is 0.486 e. The van der Waals surface area contributed by atoms with Crippen molar-refractivity contribution in [3.8, 4) is 11.5 Å². The molecular formula is C28H40N4O3. The number of anilines is 1. The van der Waals surface area contributed by atoms with E-state index in [0.717, 1.165) is 49.5 Å². The Morgan fingerprint density at radius 3 is 2.63 bits per heavy atom. The number of nitrogens with one attached hydrogen (secondary N) is 1. The Labute approximate surface area is 209 Å². The van der Waals surface area contributed by atoms with Crippen LogP contribution >= 0.6 is 0 Å². The van der Waals surface area contributed by atoms with Gasteiger partial charge in [-0.3, -0.25) is 9.36 Å². The highest BCUT2D eigenvalue weighted by atomic mass is 16.6. The fraction of sp³-hybridized carbons (Fsp3) is 0.500. The molecule has 0 radical (unpaired) electrons. The molecule has 0 spiro atoms. The lowest BCUT2D eigenvalue weighted by atomic mass is 9.88. The van der Waals surface area contributed by atoms with Crippen LogP contribution in [0.1, 0.15) is 55.8 Å². The van der Waals surface area contributed by atoms with E-state index in [2.05, 4.69) is 36.0 Å². The van der Waals surface area contributed by atoms with Gasteiger partial charge < -0.3 is 19.7 Å². The van der Waals surface area contributed by atoms with Gasteiger partial charge in [-0.1, -0.05) is 32.1 Å². The number of ether oxygens (including phenoxy) is 2. The number of nitrogens with zero attached hydrogens (tertiary/aromatic N) is 3. The van der Waals surface area contributed by atoms with Crippen molar-refractivity contribution in [2.75, 3.05) is 38.7 Å². The third kappa shape index (κ3) is 6.54. The van der Waals surface area contributed by atoms with E-state index < -0.39 is 0 Å². The van der Waals surface area contributed by atoms with Crippen LogP contribution in [0.2, 0.25) is 0 Å². The van der Waals surface area contributed by atoms with E-state index in [1.165, 1.54) is 5.56 Å². The molecule has 2 aliphatic rings. The van der Waals surface area contributed by atoms with Gasteiger partial charge in [0, 0.05) is 31.7 Å². The molecule has 1 aromatic heterocycles. The number of allylic oxidation sites excluding steroid dienone is 2. The van der Waals surface area contributed by atoms with E-state index >= 15 is 0 Å². The molecule has 1 N–H and O–H groups in total. The fourth-order valence-corrected chi connectivity index (χ4v) is 4.59. The number of unbranched alkanes of at least 4 members (excludes halogenated alkanes) is 1. The SMILES string of the molecule is C=CCC/C=C\c1nc(NC2CC(c3ccc4c(c3)OCCO4)CN(C)C2)n(C)c(=O)c1C.CC. The third-order valence-electron chi connectivity index (χ3n) is 6.37. The zero-order valence-corrected chi connectivity index (χ0v) is 21.8. The van der Waals surface area contributed by atoms with Crippen LogP contribution in [-0.2, 0) is 7.05 Å². The Balaban J connectivity index is 0.00000167. The summed E-state index contributed by atoms with van der Waals surface area (Å²) in [5, 5.41) is 3.56. The van der Waals surface area contributed by atoms with Crippen LogP contribution in [0.15, 0.2) is 41.7 Å². The molecule has 2 atom stereocenters. The summed E-state index contributed by atoms with van der Waals surface area (Å²) in [7, 11) is 3.91. The van der Waals surface area contributed by atoms with Gasteiger partial charge in [0.1, 0.15) is 13.2 Å². The van der Waals surface area contributed by atoms with E-state index in [9.17, 15) is 4.79 Å². The summed E-state index contributed by atoms with van der Waals surface area (Å²) < 4.78 is 13.1. The molecule has 35 heavy (non-hydrogen) atoms. The number of hydrogen-bond acceptors (Lipinski definition) is 6. The third-order valence-corrected chi connectivity index (χ3v) is 6.37. The number of piperidine rings is 1.